The summed E-state index contributed by atoms with van der Waals surface area (Å²) in [6.07, 6.45) is 0.365. The summed E-state index contributed by atoms with van der Waals surface area (Å²) in [5.74, 6) is -0.834. The molecule has 0 saturated heterocycles. The van der Waals surface area contributed by atoms with Crippen molar-refractivity contribution in [1.82, 2.24) is 0 Å². The van der Waals surface area contributed by atoms with Gasteiger partial charge in [-0.05, 0) is 22.0 Å². The van der Waals surface area contributed by atoms with Gasteiger partial charge in [-0.2, -0.15) is 0 Å². The van der Waals surface area contributed by atoms with Gasteiger partial charge in [-0.1, -0.05) is 6.07 Å². The molecule has 0 amide bonds. The number of rotatable bonds is 2. The maximum atomic E-state index is 13.2. The van der Waals surface area contributed by atoms with Gasteiger partial charge in [-0.3, -0.25) is 4.79 Å². The molecule has 0 unspecified atom stereocenters. The van der Waals surface area contributed by atoms with Crippen LogP contribution < -0.4 is 5.46 Å². The normalized spacial score (nSPS) is 9.85. The third kappa shape index (κ3) is 1.96. The largest absolute Gasteiger partial charge is 0.492 e. The lowest BCUT2D eigenvalue weighted by atomic mass is 9.77. The molecule has 3 nitrogen and oxygen atoms in total. The molecule has 0 bridgehead atoms. The summed E-state index contributed by atoms with van der Waals surface area (Å²) in [4.78, 5) is 10.4. The number of hydrogen-bond acceptors (Lipinski definition) is 3. The summed E-state index contributed by atoms with van der Waals surface area (Å²) >= 11 is 2.86. The molecule has 0 aliphatic carbocycles. The molecule has 68 valence electrons. The Morgan fingerprint density at radius 1 is 1.46 bits per heavy atom. The van der Waals surface area contributed by atoms with Gasteiger partial charge >= 0.3 is 7.12 Å². The number of aldehydes is 1. The summed E-state index contributed by atoms with van der Waals surface area (Å²) < 4.78 is 13.3. The Bertz CT molecular complexity index is 343. The van der Waals surface area contributed by atoms with Crippen LogP contribution in [0.3, 0.4) is 0 Å². The van der Waals surface area contributed by atoms with Crippen molar-refractivity contribution in [2.75, 3.05) is 0 Å². The molecule has 0 fully saturated rings. The fourth-order valence-electron chi connectivity index (χ4n) is 0.946. The first-order valence-electron chi connectivity index (χ1n) is 3.37. The molecule has 0 aliphatic rings. The highest BCUT2D eigenvalue weighted by Crippen LogP contribution is 2.14. The predicted octanol–water partition coefficient (Wildman–Crippen LogP) is 0.0805. The average Bonchev–Trinajstić information content (AvgIpc) is 2.08. The molecule has 0 heterocycles. The predicted molar refractivity (Wildman–Crippen MR) is 49.3 cm³/mol. The van der Waals surface area contributed by atoms with E-state index in [0.717, 1.165) is 0 Å². The Labute approximate surface area is 82.5 Å². The van der Waals surface area contributed by atoms with Crippen LogP contribution in [0.25, 0.3) is 0 Å². The van der Waals surface area contributed by atoms with Crippen LogP contribution in [0.2, 0.25) is 0 Å². The Hall–Kier alpha value is -0.715. The minimum absolute atomic E-state index is 0.0734. The molecule has 0 saturated carbocycles. The lowest BCUT2D eigenvalue weighted by molar-refractivity contribution is 0.112. The number of hydrogen-bond donors (Lipinski definition) is 2. The van der Waals surface area contributed by atoms with Crippen LogP contribution in [0.5, 0.6) is 0 Å². The molecule has 13 heavy (non-hydrogen) atoms. The van der Waals surface area contributed by atoms with Crippen LogP contribution in [-0.4, -0.2) is 23.5 Å². The van der Waals surface area contributed by atoms with E-state index in [1.54, 1.807) is 0 Å². The van der Waals surface area contributed by atoms with Gasteiger partial charge in [0.15, 0.2) is 0 Å². The van der Waals surface area contributed by atoms with E-state index in [4.69, 9.17) is 10.0 Å². The minimum Gasteiger partial charge on any atom is -0.423 e. The molecule has 0 spiro atoms. The molecule has 1 rings (SSSR count). The topological polar surface area (TPSA) is 57.5 Å². The van der Waals surface area contributed by atoms with Crippen LogP contribution in [0.1, 0.15) is 10.4 Å². The molecular formula is C7H5BBrFO3. The zero-order chi connectivity index (χ0) is 10.0. The highest BCUT2D eigenvalue weighted by molar-refractivity contribution is 9.10. The number of carbonyl (C=O) groups excluding carboxylic acids is 1. The minimum atomic E-state index is -1.99. The second-order valence-corrected chi connectivity index (χ2v) is 3.21. The maximum absolute atomic E-state index is 13.2. The van der Waals surface area contributed by atoms with Gasteiger partial charge in [-0.15, -0.1) is 0 Å². The summed E-state index contributed by atoms with van der Waals surface area (Å²) in [7, 11) is -1.99. The van der Waals surface area contributed by atoms with Crippen LogP contribution in [0, 0.1) is 5.82 Å². The van der Waals surface area contributed by atoms with Crippen molar-refractivity contribution < 1.29 is 19.2 Å². The van der Waals surface area contributed by atoms with Crippen LogP contribution in [-0.2, 0) is 0 Å². The first kappa shape index (κ1) is 10.4. The quantitative estimate of drug-likeness (QED) is 0.574. The summed E-state index contributed by atoms with van der Waals surface area (Å²) in [6.45, 7) is 0. The van der Waals surface area contributed by atoms with Gasteiger partial charge < -0.3 is 10.0 Å². The Morgan fingerprint density at radius 3 is 2.54 bits per heavy atom. The second-order valence-electron chi connectivity index (χ2n) is 2.36. The van der Waals surface area contributed by atoms with E-state index in [0.29, 0.717) is 6.29 Å². The molecule has 0 radical (unpaired) electrons. The third-order valence-corrected chi connectivity index (χ3v) is 2.16. The van der Waals surface area contributed by atoms with Crippen LogP contribution in [0.15, 0.2) is 16.6 Å². The van der Waals surface area contributed by atoms with Crippen molar-refractivity contribution in [3.8, 4) is 0 Å². The Balaban J connectivity index is 3.41. The van der Waals surface area contributed by atoms with Gasteiger partial charge in [0.1, 0.15) is 12.1 Å². The van der Waals surface area contributed by atoms with Crippen molar-refractivity contribution in [1.29, 1.82) is 0 Å². The molecule has 2 N–H and O–H groups in total. The lowest BCUT2D eigenvalue weighted by Gasteiger charge is -2.05. The smallest absolute Gasteiger partial charge is 0.423 e. The standard InChI is InChI=1S/C7H5BBrFO3/c9-5-2-1-4(3-11)6(7(5)10)8(12)13/h1-3,12-13H. The van der Waals surface area contributed by atoms with Gasteiger partial charge in [0.2, 0.25) is 0 Å². The van der Waals surface area contributed by atoms with Gasteiger partial charge in [0, 0.05) is 11.0 Å². The Morgan fingerprint density at radius 2 is 2.08 bits per heavy atom. The van der Waals surface area contributed by atoms with Crippen molar-refractivity contribution in [2.24, 2.45) is 0 Å². The Kier molecular flexibility index (Phi) is 3.19. The van der Waals surface area contributed by atoms with Gasteiger partial charge in [0.25, 0.3) is 0 Å². The van der Waals surface area contributed by atoms with Gasteiger partial charge in [0.05, 0.1) is 4.47 Å². The summed E-state index contributed by atoms with van der Waals surface area (Å²) in [5, 5.41) is 17.6. The molecular weight excluding hydrogens is 242 g/mol. The van der Waals surface area contributed by atoms with E-state index in [1.807, 2.05) is 0 Å². The van der Waals surface area contributed by atoms with Crippen LogP contribution >= 0.6 is 15.9 Å². The molecule has 6 heteroatoms. The van der Waals surface area contributed by atoms with Crippen molar-refractivity contribution >= 4 is 34.8 Å². The van der Waals surface area contributed by atoms with Crippen molar-refractivity contribution in [3.63, 3.8) is 0 Å². The van der Waals surface area contributed by atoms with Crippen LogP contribution in [0.4, 0.5) is 4.39 Å². The third-order valence-electron chi connectivity index (χ3n) is 1.55. The monoisotopic (exact) mass is 246 g/mol. The zero-order valence-electron chi connectivity index (χ0n) is 6.37. The summed E-state index contributed by atoms with van der Waals surface area (Å²) in [5.41, 5.74) is -0.486. The van der Waals surface area contributed by atoms with Crippen molar-refractivity contribution in [2.45, 2.75) is 0 Å². The highest BCUT2D eigenvalue weighted by Gasteiger charge is 2.22. The first-order chi connectivity index (χ1) is 6.07. The molecule has 0 atom stereocenters. The van der Waals surface area contributed by atoms with E-state index in [-0.39, 0.29) is 10.0 Å². The van der Waals surface area contributed by atoms with Gasteiger partial charge in [-0.25, -0.2) is 4.39 Å². The van der Waals surface area contributed by atoms with E-state index >= 15 is 0 Å². The number of carbonyl (C=O) groups is 1. The zero-order valence-corrected chi connectivity index (χ0v) is 7.95. The molecule has 0 aromatic heterocycles. The molecule has 1 aromatic rings. The van der Waals surface area contributed by atoms with E-state index in [2.05, 4.69) is 15.9 Å². The number of halogens is 2. The van der Waals surface area contributed by atoms with E-state index in [1.165, 1.54) is 12.1 Å². The summed E-state index contributed by atoms with van der Waals surface area (Å²) in [6, 6.07) is 2.62. The van der Waals surface area contributed by atoms with E-state index in [9.17, 15) is 9.18 Å². The maximum Gasteiger partial charge on any atom is 0.492 e. The fraction of sp³-hybridized carbons (Fsp3) is 0. The van der Waals surface area contributed by atoms with E-state index < -0.39 is 18.4 Å². The SMILES string of the molecule is O=Cc1ccc(Br)c(F)c1B(O)O. The molecule has 0 aliphatic heterocycles. The fourth-order valence-corrected chi connectivity index (χ4v) is 1.29. The first-order valence-corrected chi connectivity index (χ1v) is 4.16. The highest BCUT2D eigenvalue weighted by atomic mass is 79.9. The van der Waals surface area contributed by atoms with Crippen molar-refractivity contribution in [3.05, 3.63) is 28.0 Å². The lowest BCUT2D eigenvalue weighted by Crippen LogP contribution is -2.36. The molecule has 1 aromatic carbocycles. The average molecular weight is 247 g/mol. The second kappa shape index (κ2) is 4.00. The number of benzene rings is 1.